The second kappa shape index (κ2) is 9.57. The third kappa shape index (κ3) is 4.19. The molecular weight excluding hydrogens is 466 g/mol. The van der Waals surface area contributed by atoms with E-state index in [2.05, 4.69) is 16.7 Å². The molecule has 1 aromatic carbocycles. The van der Waals surface area contributed by atoms with Gasteiger partial charge in [-0.25, -0.2) is 0 Å². The Morgan fingerprint density at radius 1 is 0.919 bits per heavy atom. The lowest BCUT2D eigenvalue weighted by Gasteiger charge is -2.39. The van der Waals surface area contributed by atoms with E-state index in [4.69, 9.17) is 4.74 Å². The van der Waals surface area contributed by atoms with Crippen LogP contribution >= 0.6 is 0 Å². The number of rotatable bonds is 5. The van der Waals surface area contributed by atoms with Gasteiger partial charge in [0.25, 0.3) is 0 Å². The Hall–Kier alpha value is -2.67. The quantitative estimate of drug-likeness (QED) is 0.588. The van der Waals surface area contributed by atoms with E-state index in [1.165, 1.54) is 6.42 Å². The van der Waals surface area contributed by atoms with Gasteiger partial charge in [0.2, 0.25) is 17.7 Å². The first-order valence-corrected chi connectivity index (χ1v) is 14.3. The number of ether oxygens (including phenoxy) is 1. The first-order valence-electron chi connectivity index (χ1n) is 14.3. The van der Waals surface area contributed by atoms with Crippen molar-refractivity contribution >= 4 is 23.4 Å². The van der Waals surface area contributed by atoms with E-state index in [0.717, 1.165) is 74.6 Å². The van der Waals surface area contributed by atoms with Crippen LogP contribution in [-0.4, -0.2) is 52.5 Å². The molecule has 3 amide bonds. The molecule has 0 aromatic heterocycles. The SMILES string of the molecule is Cc1cc(C)cc(NC(=O)[C@@H]2[C@@H]3C=C[C@]4(O3)[C@@H]2C(=O)N(C2CCCCC2)[C@H]4C(=O)NC2CCCCC2)c1. The Bertz CT molecular complexity index is 1100. The van der Waals surface area contributed by atoms with Crippen LogP contribution in [0.25, 0.3) is 0 Å². The molecule has 3 heterocycles. The Balaban J connectivity index is 1.32. The van der Waals surface area contributed by atoms with Crippen LogP contribution in [0, 0.1) is 25.7 Å². The molecule has 2 N–H and O–H groups in total. The zero-order chi connectivity index (χ0) is 25.7. The molecule has 2 aliphatic carbocycles. The molecule has 4 fully saturated rings. The Labute approximate surface area is 219 Å². The van der Waals surface area contributed by atoms with Crippen LogP contribution in [-0.2, 0) is 19.1 Å². The van der Waals surface area contributed by atoms with Crippen LogP contribution in [0.5, 0.6) is 0 Å². The van der Waals surface area contributed by atoms with Crippen molar-refractivity contribution in [3.8, 4) is 0 Å². The second-order valence-corrected chi connectivity index (χ2v) is 11.9. The van der Waals surface area contributed by atoms with Crippen LogP contribution in [0.1, 0.15) is 75.3 Å². The Kier molecular flexibility index (Phi) is 6.38. The summed E-state index contributed by atoms with van der Waals surface area (Å²) in [5, 5.41) is 6.35. The molecule has 3 aliphatic heterocycles. The summed E-state index contributed by atoms with van der Waals surface area (Å²) in [6.45, 7) is 4.00. The summed E-state index contributed by atoms with van der Waals surface area (Å²) in [6.07, 6.45) is 13.8. The average Bonchev–Trinajstić information content (AvgIpc) is 3.52. The standard InChI is InChI=1S/C30H39N3O4/c1-18-15-19(2)17-21(16-18)32-27(34)24-23-13-14-30(37-23)25(24)29(36)33(22-11-7-4-8-12-22)26(30)28(35)31-20-9-5-3-6-10-20/h13-17,20,22-26H,3-12H2,1-2H3,(H,31,35)(H,32,34)/t23-,24+,25-,26-,30-/m0/s1. The van der Waals surface area contributed by atoms with Crippen molar-refractivity contribution in [2.24, 2.45) is 11.8 Å². The van der Waals surface area contributed by atoms with Crippen LogP contribution in [0.15, 0.2) is 30.4 Å². The molecule has 0 radical (unpaired) electrons. The van der Waals surface area contributed by atoms with E-state index in [1.54, 1.807) is 0 Å². The lowest BCUT2D eigenvalue weighted by Crippen LogP contribution is -2.58. The van der Waals surface area contributed by atoms with Crippen molar-refractivity contribution in [1.29, 1.82) is 0 Å². The highest BCUT2D eigenvalue weighted by molar-refractivity contribution is 6.03. The van der Waals surface area contributed by atoms with Crippen molar-refractivity contribution < 1.29 is 19.1 Å². The average molecular weight is 506 g/mol. The molecule has 1 spiro atoms. The van der Waals surface area contributed by atoms with Crippen molar-refractivity contribution in [2.45, 2.75) is 108 Å². The summed E-state index contributed by atoms with van der Waals surface area (Å²) >= 11 is 0. The maximum Gasteiger partial charge on any atom is 0.246 e. The number of carbonyl (C=O) groups excluding carboxylic acids is 3. The van der Waals surface area contributed by atoms with Gasteiger partial charge in [-0.1, -0.05) is 56.7 Å². The summed E-state index contributed by atoms with van der Waals surface area (Å²) in [5.41, 5.74) is 1.78. The smallest absolute Gasteiger partial charge is 0.246 e. The minimum atomic E-state index is -1.08. The number of nitrogens with zero attached hydrogens (tertiary/aromatic N) is 1. The van der Waals surface area contributed by atoms with E-state index >= 15 is 0 Å². The third-order valence-electron chi connectivity index (χ3n) is 9.27. The molecule has 2 saturated carbocycles. The maximum atomic E-state index is 14.2. The van der Waals surface area contributed by atoms with Crippen molar-refractivity contribution in [3.63, 3.8) is 0 Å². The summed E-state index contributed by atoms with van der Waals surface area (Å²) in [6, 6.07) is 5.38. The summed E-state index contributed by atoms with van der Waals surface area (Å²) in [5.74, 6) is -1.76. The van der Waals surface area contributed by atoms with Crippen LogP contribution < -0.4 is 10.6 Å². The number of aryl methyl sites for hydroxylation is 2. The molecule has 1 aromatic rings. The van der Waals surface area contributed by atoms with Gasteiger partial charge in [0, 0.05) is 17.8 Å². The van der Waals surface area contributed by atoms with Gasteiger partial charge in [0.1, 0.15) is 11.6 Å². The predicted octanol–water partition coefficient (Wildman–Crippen LogP) is 4.17. The fourth-order valence-corrected chi connectivity index (χ4v) is 7.76. The molecule has 2 bridgehead atoms. The largest absolute Gasteiger partial charge is 0.359 e. The highest BCUT2D eigenvalue weighted by atomic mass is 16.5. The fourth-order valence-electron chi connectivity index (χ4n) is 7.76. The molecule has 37 heavy (non-hydrogen) atoms. The molecule has 7 heteroatoms. The zero-order valence-corrected chi connectivity index (χ0v) is 22.0. The number of likely N-dealkylation sites (tertiary alicyclic amines) is 1. The number of nitrogens with one attached hydrogen (secondary N) is 2. The van der Waals surface area contributed by atoms with Crippen molar-refractivity contribution in [1.82, 2.24) is 10.2 Å². The van der Waals surface area contributed by atoms with Gasteiger partial charge in [-0.05, 0) is 62.8 Å². The lowest BCUT2D eigenvalue weighted by atomic mass is 9.74. The maximum absolute atomic E-state index is 14.2. The molecule has 198 valence electrons. The van der Waals surface area contributed by atoms with Crippen LogP contribution in [0.4, 0.5) is 5.69 Å². The number of carbonyl (C=O) groups is 3. The van der Waals surface area contributed by atoms with E-state index in [1.807, 2.05) is 43.0 Å². The fraction of sp³-hybridized carbons (Fsp3) is 0.633. The van der Waals surface area contributed by atoms with E-state index in [-0.39, 0.29) is 29.8 Å². The van der Waals surface area contributed by atoms with Gasteiger partial charge in [-0.15, -0.1) is 0 Å². The summed E-state index contributed by atoms with van der Waals surface area (Å²) in [4.78, 5) is 43.7. The highest BCUT2D eigenvalue weighted by Crippen LogP contribution is 2.56. The summed E-state index contributed by atoms with van der Waals surface area (Å²) in [7, 11) is 0. The predicted molar refractivity (Wildman–Crippen MR) is 141 cm³/mol. The van der Waals surface area contributed by atoms with Gasteiger partial charge >= 0.3 is 0 Å². The minimum Gasteiger partial charge on any atom is -0.359 e. The zero-order valence-electron chi connectivity index (χ0n) is 22.0. The van der Waals surface area contributed by atoms with E-state index < -0.39 is 29.6 Å². The van der Waals surface area contributed by atoms with Gasteiger partial charge in [0.15, 0.2) is 0 Å². The van der Waals surface area contributed by atoms with Gasteiger partial charge in [-0.2, -0.15) is 0 Å². The number of amides is 3. The molecule has 5 aliphatic rings. The first kappa shape index (κ1) is 24.7. The molecule has 5 atom stereocenters. The van der Waals surface area contributed by atoms with Crippen LogP contribution in [0.3, 0.4) is 0 Å². The van der Waals surface area contributed by atoms with Crippen molar-refractivity contribution in [2.75, 3.05) is 5.32 Å². The second-order valence-electron chi connectivity index (χ2n) is 11.9. The van der Waals surface area contributed by atoms with E-state index in [0.29, 0.717) is 0 Å². The normalized spacial score (nSPS) is 33.6. The monoisotopic (exact) mass is 505 g/mol. The topological polar surface area (TPSA) is 87.7 Å². The highest BCUT2D eigenvalue weighted by Gasteiger charge is 2.73. The number of benzene rings is 1. The summed E-state index contributed by atoms with van der Waals surface area (Å²) < 4.78 is 6.52. The van der Waals surface area contributed by atoms with Crippen molar-refractivity contribution in [3.05, 3.63) is 41.5 Å². The third-order valence-corrected chi connectivity index (χ3v) is 9.27. The number of anilines is 1. The number of hydrogen-bond acceptors (Lipinski definition) is 4. The molecule has 6 rings (SSSR count). The molecule has 2 saturated heterocycles. The Morgan fingerprint density at radius 3 is 2.24 bits per heavy atom. The minimum absolute atomic E-state index is 0.0162. The lowest BCUT2D eigenvalue weighted by molar-refractivity contribution is -0.144. The first-order chi connectivity index (χ1) is 17.9. The Morgan fingerprint density at radius 2 is 1.57 bits per heavy atom. The van der Waals surface area contributed by atoms with Gasteiger partial charge in [-0.3, -0.25) is 14.4 Å². The molecular formula is C30H39N3O4. The van der Waals surface area contributed by atoms with E-state index in [9.17, 15) is 14.4 Å². The van der Waals surface area contributed by atoms with Gasteiger partial charge in [0.05, 0.1) is 17.9 Å². The number of hydrogen-bond donors (Lipinski definition) is 2. The number of fused-ring (bicyclic) bond motifs is 1. The molecule has 0 unspecified atom stereocenters. The van der Waals surface area contributed by atoms with Crippen LogP contribution in [0.2, 0.25) is 0 Å². The van der Waals surface area contributed by atoms with Gasteiger partial charge < -0.3 is 20.3 Å². The molecule has 7 nitrogen and oxygen atoms in total.